The molecular weight excluding hydrogens is 526 g/mol. The van der Waals surface area contributed by atoms with E-state index in [0.29, 0.717) is 20.6 Å². The van der Waals surface area contributed by atoms with Crippen LogP contribution in [0.4, 0.5) is 5.69 Å². The fourth-order valence-corrected chi connectivity index (χ4v) is 7.07. The van der Waals surface area contributed by atoms with Gasteiger partial charge in [-0.05, 0) is 61.4 Å². The Hall–Kier alpha value is -3.75. The van der Waals surface area contributed by atoms with E-state index in [1.165, 1.54) is 47.6 Å². The van der Waals surface area contributed by atoms with Gasteiger partial charge in [0.1, 0.15) is 6.04 Å². The molecule has 1 atom stereocenters. The number of carbonyl (C=O) groups is 1. The van der Waals surface area contributed by atoms with E-state index in [-0.39, 0.29) is 12.2 Å². The molecule has 6 rings (SSSR count). The summed E-state index contributed by atoms with van der Waals surface area (Å²) in [6.45, 7) is 4.20. The number of hydrogen-bond donors (Lipinski definition) is 0. The van der Waals surface area contributed by atoms with Crippen molar-refractivity contribution in [3.8, 4) is 0 Å². The topological polar surface area (TPSA) is 63.9 Å². The summed E-state index contributed by atoms with van der Waals surface area (Å²) in [5.74, 6) is -0.457. The number of rotatable bonds is 6. The van der Waals surface area contributed by atoms with Crippen LogP contribution in [0.1, 0.15) is 48.2 Å². The van der Waals surface area contributed by atoms with Crippen molar-refractivity contribution in [2.24, 2.45) is 4.99 Å². The van der Waals surface area contributed by atoms with Crippen molar-refractivity contribution in [1.29, 1.82) is 0 Å². The maximum atomic E-state index is 13.9. The summed E-state index contributed by atoms with van der Waals surface area (Å²) >= 11 is 2.86. The molecule has 39 heavy (non-hydrogen) atoms. The Kier molecular flexibility index (Phi) is 7.30. The fourth-order valence-electron chi connectivity index (χ4n) is 5.24. The summed E-state index contributed by atoms with van der Waals surface area (Å²) in [4.78, 5) is 36.1. The minimum absolute atomic E-state index is 0.161. The van der Waals surface area contributed by atoms with E-state index >= 15 is 0 Å². The minimum atomic E-state index is -0.612. The zero-order valence-corrected chi connectivity index (χ0v) is 23.3. The molecule has 4 aromatic rings. The number of carbonyl (C=O) groups excluding carboxylic acids is 1. The van der Waals surface area contributed by atoms with Gasteiger partial charge in [-0.2, -0.15) is 0 Å². The van der Waals surface area contributed by atoms with Gasteiger partial charge in [0.05, 0.1) is 22.4 Å². The third-order valence-corrected chi connectivity index (χ3v) is 9.01. The maximum Gasteiger partial charge on any atom is 0.338 e. The van der Waals surface area contributed by atoms with E-state index in [9.17, 15) is 9.59 Å². The molecule has 1 saturated heterocycles. The Morgan fingerprint density at radius 3 is 2.49 bits per heavy atom. The number of benzene rings is 2. The summed E-state index contributed by atoms with van der Waals surface area (Å²) < 4.78 is 7.74. The lowest BCUT2D eigenvalue weighted by molar-refractivity contribution is -0.138. The Bertz CT molecular complexity index is 1680. The molecule has 0 saturated carbocycles. The van der Waals surface area contributed by atoms with E-state index in [4.69, 9.17) is 9.73 Å². The van der Waals surface area contributed by atoms with Gasteiger partial charge in [0, 0.05) is 29.2 Å². The van der Waals surface area contributed by atoms with Gasteiger partial charge < -0.3 is 9.64 Å². The highest BCUT2D eigenvalue weighted by atomic mass is 32.1. The Morgan fingerprint density at radius 1 is 1.03 bits per heavy atom. The van der Waals surface area contributed by atoms with E-state index in [2.05, 4.69) is 29.2 Å². The van der Waals surface area contributed by atoms with Crippen LogP contribution in [0.3, 0.4) is 0 Å². The van der Waals surface area contributed by atoms with Crippen molar-refractivity contribution in [1.82, 2.24) is 4.57 Å². The predicted octanol–water partition coefficient (Wildman–Crippen LogP) is 4.99. The molecule has 1 fully saturated rings. The molecule has 8 heteroatoms. The summed E-state index contributed by atoms with van der Waals surface area (Å²) in [5, 5.41) is 1.96. The van der Waals surface area contributed by atoms with Crippen molar-refractivity contribution in [2.75, 3.05) is 24.6 Å². The molecule has 0 N–H and O–H groups in total. The van der Waals surface area contributed by atoms with E-state index in [1.54, 1.807) is 11.5 Å². The monoisotopic (exact) mass is 555 g/mol. The van der Waals surface area contributed by atoms with Gasteiger partial charge in [0.25, 0.3) is 5.56 Å². The zero-order valence-electron chi connectivity index (χ0n) is 21.7. The molecule has 2 aliphatic heterocycles. The second-order valence-electron chi connectivity index (χ2n) is 9.59. The first-order valence-corrected chi connectivity index (χ1v) is 15.0. The molecule has 0 radical (unpaired) electrons. The van der Waals surface area contributed by atoms with E-state index in [0.717, 1.165) is 29.1 Å². The fraction of sp³-hybridized carbons (Fsp3) is 0.258. The number of esters is 1. The highest BCUT2D eigenvalue weighted by molar-refractivity contribution is 7.10. The standard InChI is InChI=1S/C31H29N3O3S2/c1-2-37-30(36)26-27(22-10-5-3-6-11-22)32-31-34(28(26)24-12-9-19-38-24)29(35)25(39-31)20-21-13-15-23(16-14-21)33-17-7-4-8-18-33/h3,5-6,9-16,19-20,28H,2,4,7-8,17-18H2,1H3/b25-20+/t28-/m1/s1. The van der Waals surface area contributed by atoms with Crippen LogP contribution in [0, 0.1) is 0 Å². The van der Waals surface area contributed by atoms with Crippen LogP contribution in [-0.2, 0) is 9.53 Å². The molecular formula is C31H29N3O3S2. The minimum Gasteiger partial charge on any atom is -0.463 e. The van der Waals surface area contributed by atoms with Crippen LogP contribution in [0.5, 0.6) is 0 Å². The van der Waals surface area contributed by atoms with Crippen molar-refractivity contribution in [3.63, 3.8) is 0 Å². The van der Waals surface area contributed by atoms with Crippen molar-refractivity contribution in [3.05, 3.63) is 113 Å². The second-order valence-corrected chi connectivity index (χ2v) is 11.6. The normalized spacial score (nSPS) is 17.6. The average Bonchev–Trinajstić information content (AvgIpc) is 3.62. The molecule has 2 aliphatic rings. The third-order valence-electron chi connectivity index (χ3n) is 7.10. The first-order chi connectivity index (χ1) is 19.1. The predicted molar refractivity (Wildman–Crippen MR) is 158 cm³/mol. The smallest absolute Gasteiger partial charge is 0.338 e. The molecule has 0 spiro atoms. The number of hydrogen-bond acceptors (Lipinski definition) is 7. The van der Waals surface area contributed by atoms with Crippen LogP contribution in [0.15, 0.2) is 87.5 Å². The van der Waals surface area contributed by atoms with Gasteiger partial charge >= 0.3 is 5.97 Å². The molecule has 2 aromatic heterocycles. The average molecular weight is 556 g/mol. The van der Waals surface area contributed by atoms with Gasteiger partial charge in [-0.3, -0.25) is 9.36 Å². The summed E-state index contributed by atoms with van der Waals surface area (Å²) in [6, 6.07) is 21.3. The quantitative estimate of drug-likeness (QED) is 0.315. The lowest BCUT2D eigenvalue weighted by Crippen LogP contribution is -2.39. The summed E-state index contributed by atoms with van der Waals surface area (Å²) in [6.07, 6.45) is 5.68. The van der Waals surface area contributed by atoms with Crippen molar-refractivity contribution < 1.29 is 9.53 Å². The van der Waals surface area contributed by atoms with Gasteiger partial charge in [-0.1, -0.05) is 59.9 Å². The number of thiophene rings is 1. The molecule has 0 bridgehead atoms. The van der Waals surface area contributed by atoms with Crippen LogP contribution in [-0.4, -0.2) is 30.2 Å². The largest absolute Gasteiger partial charge is 0.463 e. The number of thiazole rings is 1. The third kappa shape index (κ3) is 5.02. The number of ether oxygens (including phenoxy) is 1. The Labute approximate surface area is 234 Å². The number of aromatic nitrogens is 1. The zero-order chi connectivity index (χ0) is 26.8. The van der Waals surface area contributed by atoms with Gasteiger partial charge in [-0.25, -0.2) is 9.79 Å². The lowest BCUT2D eigenvalue weighted by atomic mass is 9.97. The molecule has 0 aliphatic carbocycles. The Balaban J connectivity index is 1.49. The second kappa shape index (κ2) is 11.2. The molecule has 4 heterocycles. The molecule has 0 amide bonds. The number of nitrogens with zero attached hydrogens (tertiary/aromatic N) is 3. The van der Waals surface area contributed by atoms with Crippen LogP contribution in [0.25, 0.3) is 11.8 Å². The van der Waals surface area contributed by atoms with E-state index < -0.39 is 12.0 Å². The first kappa shape index (κ1) is 25.5. The Morgan fingerprint density at radius 2 is 1.79 bits per heavy atom. The number of piperidine rings is 1. The summed E-state index contributed by atoms with van der Waals surface area (Å²) in [5.41, 5.74) is 3.76. The molecule has 0 unspecified atom stereocenters. The lowest BCUT2D eigenvalue weighted by Gasteiger charge is -2.28. The number of fused-ring (bicyclic) bond motifs is 1. The molecule has 198 valence electrons. The molecule has 6 nitrogen and oxygen atoms in total. The van der Waals surface area contributed by atoms with Gasteiger partial charge in [-0.15, -0.1) is 11.3 Å². The van der Waals surface area contributed by atoms with Gasteiger partial charge in [0.2, 0.25) is 0 Å². The maximum absolute atomic E-state index is 13.9. The highest BCUT2D eigenvalue weighted by Gasteiger charge is 2.35. The van der Waals surface area contributed by atoms with Gasteiger partial charge in [0.15, 0.2) is 4.80 Å². The number of anilines is 1. The molecule has 2 aromatic carbocycles. The van der Waals surface area contributed by atoms with Crippen molar-refractivity contribution >= 4 is 46.1 Å². The van der Waals surface area contributed by atoms with Crippen molar-refractivity contribution in [2.45, 2.75) is 32.2 Å². The van der Waals surface area contributed by atoms with E-state index in [1.807, 2.05) is 53.9 Å². The highest BCUT2D eigenvalue weighted by Crippen LogP contribution is 2.36. The van der Waals surface area contributed by atoms with Crippen LogP contribution < -0.4 is 19.8 Å². The van der Waals surface area contributed by atoms with Crippen LogP contribution in [0.2, 0.25) is 0 Å². The summed E-state index contributed by atoms with van der Waals surface area (Å²) in [7, 11) is 0. The first-order valence-electron chi connectivity index (χ1n) is 13.3. The SMILES string of the molecule is CCOC(=O)C1=C(c2ccccc2)N=c2s/c(=C/c3ccc(N4CCCCC4)cc3)c(=O)n2[C@@H]1c1cccs1. The van der Waals surface area contributed by atoms with Crippen LogP contribution >= 0.6 is 22.7 Å².